The van der Waals surface area contributed by atoms with Crippen LogP contribution in [0.25, 0.3) is 0 Å². The van der Waals surface area contributed by atoms with Gasteiger partial charge < -0.3 is 5.32 Å². The minimum Gasteiger partial charge on any atom is -0.312 e. The average Bonchev–Trinajstić information content (AvgIpc) is 2.46. The quantitative estimate of drug-likeness (QED) is 0.736. The SMILES string of the molecule is CCCc1cccc(CCNCc2ccccc2)c1. The summed E-state index contributed by atoms with van der Waals surface area (Å²) in [6, 6.07) is 19.5. The van der Waals surface area contributed by atoms with Crippen LogP contribution in [0.1, 0.15) is 30.0 Å². The molecule has 0 radical (unpaired) electrons. The van der Waals surface area contributed by atoms with Crippen LogP contribution in [0.2, 0.25) is 0 Å². The minimum absolute atomic E-state index is 0.954. The van der Waals surface area contributed by atoms with E-state index in [9.17, 15) is 0 Å². The summed E-state index contributed by atoms with van der Waals surface area (Å²) in [6.07, 6.45) is 3.51. The van der Waals surface area contributed by atoms with E-state index in [0.717, 1.165) is 19.5 Å². The lowest BCUT2D eigenvalue weighted by Crippen LogP contribution is -2.16. The molecule has 1 nitrogen and oxygen atoms in total. The van der Waals surface area contributed by atoms with E-state index in [1.54, 1.807) is 0 Å². The highest BCUT2D eigenvalue weighted by molar-refractivity contribution is 5.24. The number of benzene rings is 2. The van der Waals surface area contributed by atoms with E-state index < -0.39 is 0 Å². The van der Waals surface area contributed by atoms with Crippen molar-refractivity contribution in [2.24, 2.45) is 0 Å². The predicted molar refractivity (Wildman–Crippen MR) is 82.3 cm³/mol. The standard InChI is InChI=1S/C18H23N/c1-2-7-16-10-6-11-17(14-16)12-13-19-15-18-8-4-3-5-9-18/h3-6,8-11,14,19H,2,7,12-13,15H2,1H3. The first kappa shape index (κ1) is 13.8. The molecule has 100 valence electrons. The zero-order chi connectivity index (χ0) is 13.3. The smallest absolute Gasteiger partial charge is 0.0205 e. The van der Waals surface area contributed by atoms with Crippen LogP contribution in [0.5, 0.6) is 0 Å². The zero-order valence-corrected chi connectivity index (χ0v) is 11.7. The molecule has 2 aromatic rings. The van der Waals surface area contributed by atoms with Gasteiger partial charge in [-0.3, -0.25) is 0 Å². The summed E-state index contributed by atoms with van der Waals surface area (Å²) in [5.74, 6) is 0. The van der Waals surface area contributed by atoms with Crippen LogP contribution in [0.15, 0.2) is 54.6 Å². The van der Waals surface area contributed by atoms with Crippen molar-refractivity contribution in [1.82, 2.24) is 5.32 Å². The van der Waals surface area contributed by atoms with Gasteiger partial charge in [0.25, 0.3) is 0 Å². The Morgan fingerprint density at radius 2 is 1.47 bits per heavy atom. The lowest BCUT2D eigenvalue weighted by Gasteiger charge is -2.06. The fourth-order valence-corrected chi connectivity index (χ4v) is 2.29. The Morgan fingerprint density at radius 1 is 0.789 bits per heavy atom. The normalized spacial score (nSPS) is 10.6. The molecule has 2 aromatic carbocycles. The van der Waals surface area contributed by atoms with Gasteiger partial charge in [0, 0.05) is 6.54 Å². The molecular weight excluding hydrogens is 230 g/mol. The van der Waals surface area contributed by atoms with Gasteiger partial charge >= 0.3 is 0 Å². The largest absolute Gasteiger partial charge is 0.312 e. The molecule has 0 saturated heterocycles. The van der Waals surface area contributed by atoms with Gasteiger partial charge in [0.15, 0.2) is 0 Å². The first-order valence-corrected chi connectivity index (χ1v) is 7.21. The zero-order valence-electron chi connectivity index (χ0n) is 11.7. The minimum atomic E-state index is 0.954. The molecule has 2 rings (SSSR count). The van der Waals surface area contributed by atoms with Crippen molar-refractivity contribution in [2.75, 3.05) is 6.54 Å². The summed E-state index contributed by atoms with van der Waals surface area (Å²) < 4.78 is 0. The van der Waals surface area contributed by atoms with Gasteiger partial charge in [-0.05, 0) is 36.1 Å². The highest BCUT2D eigenvalue weighted by Crippen LogP contribution is 2.08. The summed E-state index contributed by atoms with van der Waals surface area (Å²) in [5, 5.41) is 3.50. The molecule has 0 amide bonds. The number of hydrogen-bond donors (Lipinski definition) is 1. The lowest BCUT2D eigenvalue weighted by atomic mass is 10.0. The van der Waals surface area contributed by atoms with Gasteiger partial charge in [-0.1, -0.05) is 67.9 Å². The van der Waals surface area contributed by atoms with Crippen LogP contribution in [-0.4, -0.2) is 6.54 Å². The van der Waals surface area contributed by atoms with E-state index >= 15 is 0 Å². The van der Waals surface area contributed by atoms with Crippen molar-refractivity contribution < 1.29 is 0 Å². The van der Waals surface area contributed by atoms with Crippen molar-refractivity contribution in [2.45, 2.75) is 32.7 Å². The molecule has 0 aliphatic rings. The van der Waals surface area contributed by atoms with Gasteiger partial charge in [0.05, 0.1) is 0 Å². The third kappa shape index (κ3) is 4.88. The Hall–Kier alpha value is -1.60. The maximum atomic E-state index is 3.50. The van der Waals surface area contributed by atoms with Crippen molar-refractivity contribution in [3.63, 3.8) is 0 Å². The fourth-order valence-electron chi connectivity index (χ4n) is 2.29. The molecule has 0 aliphatic heterocycles. The maximum Gasteiger partial charge on any atom is 0.0205 e. The van der Waals surface area contributed by atoms with Gasteiger partial charge in [-0.2, -0.15) is 0 Å². The van der Waals surface area contributed by atoms with E-state index in [0.29, 0.717) is 0 Å². The van der Waals surface area contributed by atoms with Crippen LogP contribution in [-0.2, 0) is 19.4 Å². The summed E-state index contributed by atoms with van der Waals surface area (Å²) in [5.41, 5.74) is 4.25. The number of hydrogen-bond acceptors (Lipinski definition) is 1. The number of nitrogens with one attached hydrogen (secondary N) is 1. The Balaban J connectivity index is 1.75. The molecular formula is C18H23N. The molecule has 1 N–H and O–H groups in total. The molecule has 0 fully saturated rings. The summed E-state index contributed by atoms with van der Waals surface area (Å²) in [4.78, 5) is 0. The van der Waals surface area contributed by atoms with Crippen LogP contribution in [0.3, 0.4) is 0 Å². The van der Waals surface area contributed by atoms with Crippen molar-refractivity contribution in [3.05, 3.63) is 71.3 Å². The monoisotopic (exact) mass is 253 g/mol. The van der Waals surface area contributed by atoms with Crippen molar-refractivity contribution >= 4 is 0 Å². The number of rotatable bonds is 7. The van der Waals surface area contributed by atoms with Crippen molar-refractivity contribution in [3.8, 4) is 0 Å². The highest BCUT2D eigenvalue weighted by Gasteiger charge is 1.96. The third-order valence-electron chi connectivity index (χ3n) is 3.29. The van der Waals surface area contributed by atoms with Gasteiger partial charge in [0.1, 0.15) is 0 Å². The molecule has 0 aromatic heterocycles. The Morgan fingerprint density at radius 3 is 2.21 bits per heavy atom. The van der Waals surface area contributed by atoms with Crippen LogP contribution >= 0.6 is 0 Å². The van der Waals surface area contributed by atoms with E-state index in [-0.39, 0.29) is 0 Å². The van der Waals surface area contributed by atoms with E-state index in [1.807, 2.05) is 0 Å². The first-order chi connectivity index (χ1) is 9.38. The summed E-state index contributed by atoms with van der Waals surface area (Å²) in [6.45, 7) is 4.22. The molecule has 0 unspecified atom stereocenters. The second-order valence-corrected chi connectivity index (χ2v) is 4.98. The molecule has 0 aliphatic carbocycles. The van der Waals surface area contributed by atoms with E-state index in [4.69, 9.17) is 0 Å². The molecule has 0 bridgehead atoms. The third-order valence-corrected chi connectivity index (χ3v) is 3.29. The Kier molecular flexibility index (Phi) is 5.64. The second-order valence-electron chi connectivity index (χ2n) is 4.98. The average molecular weight is 253 g/mol. The Bertz CT molecular complexity index is 476. The van der Waals surface area contributed by atoms with Gasteiger partial charge in [0.2, 0.25) is 0 Å². The molecule has 0 saturated carbocycles. The number of aryl methyl sites for hydroxylation is 1. The van der Waals surface area contributed by atoms with Crippen LogP contribution in [0, 0.1) is 0 Å². The molecule has 1 heteroatoms. The Labute approximate surface area is 116 Å². The fraction of sp³-hybridized carbons (Fsp3) is 0.333. The van der Waals surface area contributed by atoms with Crippen molar-refractivity contribution in [1.29, 1.82) is 0 Å². The lowest BCUT2D eigenvalue weighted by molar-refractivity contribution is 0.686. The molecule has 0 atom stereocenters. The van der Waals surface area contributed by atoms with E-state index in [1.165, 1.54) is 29.5 Å². The molecule has 19 heavy (non-hydrogen) atoms. The second kappa shape index (κ2) is 7.75. The summed E-state index contributed by atoms with van der Waals surface area (Å²) >= 11 is 0. The van der Waals surface area contributed by atoms with E-state index in [2.05, 4.69) is 66.8 Å². The van der Waals surface area contributed by atoms with Crippen LogP contribution in [0.4, 0.5) is 0 Å². The first-order valence-electron chi connectivity index (χ1n) is 7.21. The topological polar surface area (TPSA) is 12.0 Å². The predicted octanol–water partition coefficient (Wildman–Crippen LogP) is 3.97. The molecule has 0 spiro atoms. The van der Waals surface area contributed by atoms with Crippen LogP contribution < -0.4 is 5.32 Å². The highest BCUT2D eigenvalue weighted by atomic mass is 14.8. The van der Waals surface area contributed by atoms with Gasteiger partial charge in [-0.25, -0.2) is 0 Å². The molecule has 0 heterocycles. The maximum absolute atomic E-state index is 3.50. The summed E-state index contributed by atoms with van der Waals surface area (Å²) in [7, 11) is 0. The van der Waals surface area contributed by atoms with Gasteiger partial charge in [-0.15, -0.1) is 0 Å².